The number of carbonyl (C=O) groups excluding carboxylic acids is 1. The summed E-state index contributed by atoms with van der Waals surface area (Å²) >= 11 is 0. The number of nitrogens with zero attached hydrogens (tertiary/aromatic N) is 2. The van der Waals surface area contributed by atoms with Crippen LogP contribution in [0, 0.1) is 0 Å². The van der Waals surface area contributed by atoms with Gasteiger partial charge in [-0.3, -0.25) is 4.79 Å². The van der Waals surface area contributed by atoms with Gasteiger partial charge in [0, 0.05) is 38.3 Å². The van der Waals surface area contributed by atoms with E-state index in [1.807, 2.05) is 6.92 Å². The lowest BCUT2D eigenvalue weighted by molar-refractivity contribution is -0.0226. The molecule has 0 spiro atoms. The Morgan fingerprint density at radius 2 is 2.12 bits per heavy atom. The van der Waals surface area contributed by atoms with Crippen LogP contribution in [0.4, 0.5) is 0 Å². The second-order valence-electron chi connectivity index (χ2n) is 6.69. The van der Waals surface area contributed by atoms with Gasteiger partial charge in [-0.2, -0.15) is 4.31 Å². The average molecular weight is 381 g/mol. The molecular formula is C18H27N3O4S. The van der Waals surface area contributed by atoms with Gasteiger partial charge in [-0.05, 0) is 37.6 Å². The van der Waals surface area contributed by atoms with Crippen LogP contribution in [0.2, 0.25) is 0 Å². The molecule has 1 N–H and O–H groups in total. The topological polar surface area (TPSA) is 79.0 Å². The summed E-state index contributed by atoms with van der Waals surface area (Å²) in [4.78, 5) is 14.8. The van der Waals surface area contributed by atoms with E-state index in [2.05, 4.69) is 5.32 Å². The normalized spacial score (nSPS) is 22.8. The number of nitrogens with one attached hydrogen (secondary N) is 1. The molecule has 0 radical (unpaired) electrons. The van der Waals surface area contributed by atoms with E-state index in [0.717, 1.165) is 19.4 Å². The minimum atomic E-state index is -3.59. The quantitative estimate of drug-likeness (QED) is 0.839. The van der Waals surface area contributed by atoms with Crippen molar-refractivity contribution in [1.29, 1.82) is 0 Å². The molecule has 0 aromatic heterocycles. The molecule has 0 saturated carbocycles. The molecule has 1 unspecified atom stereocenters. The summed E-state index contributed by atoms with van der Waals surface area (Å²) < 4.78 is 33.0. The van der Waals surface area contributed by atoms with Crippen LogP contribution in [0.25, 0.3) is 0 Å². The van der Waals surface area contributed by atoms with E-state index >= 15 is 0 Å². The number of morpholine rings is 1. The van der Waals surface area contributed by atoms with Gasteiger partial charge in [0.2, 0.25) is 10.0 Å². The highest BCUT2D eigenvalue weighted by Gasteiger charge is 2.28. The minimum Gasteiger partial charge on any atom is -0.375 e. The Hall–Kier alpha value is -1.48. The molecule has 1 aromatic rings. The zero-order chi connectivity index (χ0) is 18.6. The van der Waals surface area contributed by atoms with Crippen molar-refractivity contribution in [1.82, 2.24) is 14.5 Å². The van der Waals surface area contributed by atoms with Gasteiger partial charge in [0.25, 0.3) is 5.91 Å². The van der Waals surface area contributed by atoms with Crippen LogP contribution in [0.5, 0.6) is 0 Å². The van der Waals surface area contributed by atoms with Crippen molar-refractivity contribution in [2.45, 2.75) is 30.8 Å². The molecule has 2 fully saturated rings. The van der Waals surface area contributed by atoms with Gasteiger partial charge in [0.15, 0.2) is 0 Å². The molecule has 2 heterocycles. The maximum atomic E-state index is 12.9. The van der Waals surface area contributed by atoms with Crippen LogP contribution >= 0.6 is 0 Å². The molecule has 0 bridgehead atoms. The summed E-state index contributed by atoms with van der Waals surface area (Å²) in [7, 11) is -3.59. The van der Waals surface area contributed by atoms with Gasteiger partial charge in [-0.25, -0.2) is 8.42 Å². The molecule has 2 aliphatic rings. The smallest absolute Gasteiger partial charge is 0.254 e. The molecule has 7 nitrogen and oxygen atoms in total. The van der Waals surface area contributed by atoms with E-state index in [1.54, 1.807) is 23.1 Å². The summed E-state index contributed by atoms with van der Waals surface area (Å²) in [5.74, 6) is -0.138. The maximum Gasteiger partial charge on any atom is 0.254 e. The molecule has 3 rings (SSSR count). The predicted molar refractivity (Wildman–Crippen MR) is 98.6 cm³/mol. The van der Waals surface area contributed by atoms with Gasteiger partial charge in [0.05, 0.1) is 17.6 Å². The number of amides is 1. The zero-order valence-corrected chi connectivity index (χ0v) is 16.0. The van der Waals surface area contributed by atoms with Gasteiger partial charge < -0.3 is 15.0 Å². The Labute approximate surface area is 155 Å². The first-order valence-electron chi connectivity index (χ1n) is 9.24. The standard InChI is InChI=1S/C18H27N3O4S/c1-2-16-14-20(11-12-25-16)18(22)15-5-3-6-17(13-15)26(23,24)21-9-4-7-19-8-10-21/h3,5-6,13,16,19H,2,4,7-12,14H2,1H3. The SMILES string of the molecule is CCC1CN(C(=O)c2cccc(S(=O)(=O)N3CCCNCC3)c2)CCO1. The fraction of sp³-hybridized carbons (Fsp3) is 0.611. The third-order valence-corrected chi connectivity index (χ3v) is 6.79. The van der Waals surface area contributed by atoms with Crippen molar-refractivity contribution in [2.24, 2.45) is 0 Å². The van der Waals surface area contributed by atoms with Crippen molar-refractivity contribution in [3.05, 3.63) is 29.8 Å². The number of hydrogen-bond acceptors (Lipinski definition) is 5. The Morgan fingerprint density at radius 1 is 1.27 bits per heavy atom. The lowest BCUT2D eigenvalue weighted by atomic mass is 10.1. The van der Waals surface area contributed by atoms with Crippen LogP contribution in [0.3, 0.4) is 0 Å². The van der Waals surface area contributed by atoms with Gasteiger partial charge >= 0.3 is 0 Å². The Balaban J connectivity index is 1.80. The van der Waals surface area contributed by atoms with Crippen LogP contribution in [0.15, 0.2) is 29.2 Å². The monoisotopic (exact) mass is 381 g/mol. The van der Waals surface area contributed by atoms with E-state index in [4.69, 9.17) is 4.74 Å². The third-order valence-electron chi connectivity index (χ3n) is 4.90. The molecule has 2 saturated heterocycles. The first-order valence-corrected chi connectivity index (χ1v) is 10.7. The van der Waals surface area contributed by atoms with Crippen LogP contribution < -0.4 is 5.32 Å². The van der Waals surface area contributed by atoms with Crippen molar-refractivity contribution in [3.8, 4) is 0 Å². The summed E-state index contributed by atoms with van der Waals surface area (Å²) in [5.41, 5.74) is 0.413. The second-order valence-corrected chi connectivity index (χ2v) is 8.63. The summed E-state index contributed by atoms with van der Waals surface area (Å²) in [6.45, 7) is 6.03. The molecule has 2 aliphatic heterocycles. The summed E-state index contributed by atoms with van der Waals surface area (Å²) in [6.07, 6.45) is 1.68. The molecule has 144 valence electrons. The van der Waals surface area contributed by atoms with Crippen molar-refractivity contribution >= 4 is 15.9 Å². The summed E-state index contributed by atoms with van der Waals surface area (Å²) in [5, 5.41) is 3.20. The number of benzene rings is 1. The Bertz CT molecular complexity index is 730. The van der Waals surface area contributed by atoms with Crippen LogP contribution in [0.1, 0.15) is 30.1 Å². The van der Waals surface area contributed by atoms with Crippen LogP contribution in [-0.4, -0.2) is 75.5 Å². The number of carbonyl (C=O) groups is 1. The van der Waals surface area contributed by atoms with Gasteiger partial charge in [0.1, 0.15) is 0 Å². The molecule has 1 amide bonds. The number of sulfonamides is 1. The molecule has 1 aromatic carbocycles. The highest BCUT2D eigenvalue weighted by molar-refractivity contribution is 7.89. The van der Waals surface area contributed by atoms with Crippen molar-refractivity contribution in [2.75, 3.05) is 45.9 Å². The highest BCUT2D eigenvalue weighted by atomic mass is 32.2. The van der Waals surface area contributed by atoms with E-state index in [-0.39, 0.29) is 16.9 Å². The van der Waals surface area contributed by atoms with Crippen LogP contribution in [-0.2, 0) is 14.8 Å². The molecule has 26 heavy (non-hydrogen) atoms. The van der Waals surface area contributed by atoms with Crippen molar-refractivity contribution in [3.63, 3.8) is 0 Å². The second kappa shape index (κ2) is 8.47. The number of rotatable bonds is 4. The average Bonchev–Trinajstić information content (AvgIpc) is 2.97. The molecule has 1 atom stereocenters. The van der Waals surface area contributed by atoms with E-state index in [1.165, 1.54) is 10.4 Å². The number of hydrogen-bond donors (Lipinski definition) is 1. The fourth-order valence-electron chi connectivity index (χ4n) is 3.33. The minimum absolute atomic E-state index is 0.0456. The fourth-order valence-corrected chi connectivity index (χ4v) is 4.86. The maximum absolute atomic E-state index is 12.9. The highest BCUT2D eigenvalue weighted by Crippen LogP contribution is 2.20. The van der Waals surface area contributed by atoms with E-state index in [9.17, 15) is 13.2 Å². The Kier molecular flexibility index (Phi) is 6.29. The summed E-state index contributed by atoms with van der Waals surface area (Å²) in [6, 6.07) is 6.40. The number of ether oxygens (including phenoxy) is 1. The zero-order valence-electron chi connectivity index (χ0n) is 15.2. The predicted octanol–water partition coefficient (Wildman–Crippen LogP) is 0.922. The molecule has 0 aliphatic carbocycles. The molecule has 8 heteroatoms. The van der Waals surface area contributed by atoms with Gasteiger partial charge in [-0.15, -0.1) is 0 Å². The van der Waals surface area contributed by atoms with E-state index < -0.39 is 10.0 Å². The lowest BCUT2D eigenvalue weighted by Crippen LogP contribution is -2.45. The van der Waals surface area contributed by atoms with E-state index in [0.29, 0.717) is 44.9 Å². The largest absolute Gasteiger partial charge is 0.375 e. The molecular weight excluding hydrogens is 354 g/mol. The first kappa shape index (κ1) is 19.3. The Morgan fingerprint density at radius 3 is 2.92 bits per heavy atom. The van der Waals surface area contributed by atoms with Crippen molar-refractivity contribution < 1.29 is 17.9 Å². The third kappa shape index (κ3) is 4.25. The van der Waals surface area contributed by atoms with Gasteiger partial charge in [-0.1, -0.05) is 13.0 Å². The first-order chi connectivity index (χ1) is 12.5. The lowest BCUT2D eigenvalue weighted by Gasteiger charge is -2.32.